The Kier molecular flexibility index (Phi) is 4.80. The second-order valence-electron chi connectivity index (χ2n) is 3.24. The SMILES string of the molecule is CB(O)Nc1cnc2ccccc2c1.CC. The van der Waals surface area contributed by atoms with Crippen LogP contribution in [0.2, 0.25) is 6.82 Å². The van der Waals surface area contributed by atoms with Crippen molar-refractivity contribution in [3.63, 3.8) is 0 Å². The summed E-state index contributed by atoms with van der Waals surface area (Å²) < 4.78 is 0. The highest BCUT2D eigenvalue weighted by atomic mass is 16.2. The maximum Gasteiger partial charge on any atom is 0.406 e. The predicted octanol–water partition coefficient (Wildman–Crippen LogP) is 2.78. The number of nitrogens with zero attached hydrogens (tertiary/aromatic N) is 1. The van der Waals surface area contributed by atoms with Gasteiger partial charge in [0.25, 0.3) is 0 Å². The molecule has 0 radical (unpaired) electrons. The number of hydrogen-bond donors (Lipinski definition) is 2. The standard InChI is InChI=1S/C10H11BN2O.C2H6/c1-11(14)13-9-6-8-4-2-3-5-10(8)12-7-9;1-2/h2-7,13-14H,1H3;1-2H3. The average Bonchev–Trinajstić information content (AvgIpc) is 2.31. The van der Waals surface area contributed by atoms with E-state index >= 15 is 0 Å². The average molecular weight is 216 g/mol. The number of aromatic nitrogens is 1. The number of anilines is 1. The molecule has 0 saturated heterocycles. The van der Waals surface area contributed by atoms with Crippen molar-refractivity contribution in [1.29, 1.82) is 0 Å². The summed E-state index contributed by atoms with van der Waals surface area (Å²) in [4.78, 5) is 4.26. The van der Waals surface area contributed by atoms with Crippen molar-refractivity contribution in [2.45, 2.75) is 20.7 Å². The lowest BCUT2D eigenvalue weighted by atomic mass is 9.88. The summed E-state index contributed by atoms with van der Waals surface area (Å²) in [6.07, 6.45) is 1.72. The van der Waals surface area contributed by atoms with E-state index in [1.54, 1.807) is 13.0 Å². The molecule has 0 aliphatic heterocycles. The van der Waals surface area contributed by atoms with Gasteiger partial charge in [-0.3, -0.25) is 4.98 Å². The fourth-order valence-corrected chi connectivity index (χ4v) is 1.39. The van der Waals surface area contributed by atoms with Gasteiger partial charge in [0.15, 0.2) is 0 Å². The van der Waals surface area contributed by atoms with Gasteiger partial charge in [0, 0.05) is 17.3 Å². The molecule has 0 bridgehead atoms. The zero-order valence-corrected chi connectivity index (χ0v) is 9.94. The number of benzene rings is 1. The van der Waals surface area contributed by atoms with Gasteiger partial charge in [0.2, 0.25) is 0 Å². The van der Waals surface area contributed by atoms with E-state index in [1.807, 2.05) is 44.2 Å². The fraction of sp³-hybridized carbons (Fsp3) is 0.250. The zero-order chi connectivity index (χ0) is 12.0. The van der Waals surface area contributed by atoms with Crippen molar-refractivity contribution in [3.05, 3.63) is 36.5 Å². The van der Waals surface area contributed by atoms with Crippen molar-refractivity contribution >= 4 is 23.6 Å². The molecule has 84 valence electrons. The summed E-state index contributed by atoms with van der Waals surface area (Å²) in [5, 5.41) is 13.1. The van der Waals surface area contributed by atoms with Crippen LogP contribution in [0.4, 0.5) is 5.69 Å². The van der Waals surface area contributed by atoms with E-state index in [2.05, 4.69) is 10.2 Å². The molecule has 0 aliphatic rings. The maximum atomic E-state index is 9.14. The molecule has 0 atom stereocenters. The molecule has 16 heavy (non-hydrogen) atoms. The van der Waals surface area contributed by atoms with Crippen LogP contribution in [0, 0.1) is 0 Å². The van der Waals surface area contributed by atoms with Gasteiger partial charge in [-0.1, -0.05) is 32.0 Å². The molecule has 1 aromatic heterocycles. The third-order valence-electron chi connectivity index (χ3n) is 1.97. The Morgan fingerprint density at radius 3 is 2.62 bits per heavy atom. The van der Waals surface area contributed by atoms with Gasteiger partial charge >= 0.3 is 7.05 Å². The lowest BCUT2D eigenvalue weighted by molar-refractivity contribution is 0.587. The van der Waals surface area contributed by atoms with Crippen LogP contribution in [-0.2, 0) is 0 Å². The highest BCUT2D eigenvalue weighted by Crippen LogP contribution is 2.15. The first-order chi connectivity index (χ1) is 7.75. The summed E-state index contributed by atoms with van der Waals surface area (Å²) >= 11 is 0. The quantitative estimate of drug-likeness (QED) is 0.758. The molecule has 4 heteroatoms. The Morgan fingerprint density at radius 2 is 1.94 bits per heavy atom. The Hall–Kier alpha value is -1.55. The number of fused-ring (bicyclic) bond motifs is 1. The van der Waals surface area contributed by atoms with Gasteiger partial charge in [0.05, 0.1) is 5.52 Å². The minimum Gasteiger partial charge on any atom is -0.433 e. The van der Waals surface area contributed by atoms with Crippen LogP contribution in [0.25, 0.3) is 10.9 Å². The van der Waals surface area contributed by atoms with Gasteiger partial charge in [0.1, 0.15) is 0 Å². The first kappa shape index (κ1) is 12.5. The summed E-state index contributed by atoms with van der Waals surface area (Å²) in [5.41, 5.74) is 1.79. The van der Waals surface area contributed by atoms with Crippen LogP contribution in [-0.4, -0.2) is 17.1 Å². The molecule has 0 unspecified atom stereocenters. The molecule has 0 aliphatic carbocycles. The minimum absolute atomic E-state index is 0.557. The molecule has 2 aromatic rings. The normalized spacial score (nSPS) is 9.25. The Morgan fingerprint density at radius 1 is 1.25 bits per heavy atom. The highest BCUT2D eigenvalue weighted by molar-refractivity contribution is 6.52. The van der Waals surface area contributed by atoms with Gasteiger partial charge in [-0.2, -0.15) is 0 Å². The van der Waals surface area contributed by atoms with Crippen molar-refractivity contribution in [1.82, 2.24) is 4.98 Å². The van der Waals surface area contributed by atoms with Crippen molar-refractivity contribution in [2.75, 3.05) is 5.23 Å². The molecule has 1 heterocycles. The van der Waals surface area contributed by atoms with Crippen molar-refractivity contribution < 1.29 is 5.02 Å². The summed E-state index contributed by atoms with van der Waals surface area (Å²) in [6, 6.07) is 9.85. The monoisotopic (exact) mass is 216 g/mol. The van der Waals surface area contributed by atoms with Crippen LogP contribution in [0.5, 0.6) is 0 Å². The molecule has 2 rings (SSSR count). The Labute approximate surface area is 96.7 Å². The summed E-state index contributed by atoms with van der Waals surface area (Å²) in [7, 11) is -0.557. The lowest BCUT2D eigenvalue weighted by Gasteiger charge is -2.06. The van der Waals surface area contributed by atoms with E-state index in [0.717, 1.165) is 16.6 Å². The first-order valence-electron chi connectivity index (χ1n) is 5.55. The molecular formula is C12H17BN2O. The van der Waals surface area contributed by atoms with Crippen LogP contribution in [0.15, 0.2) is 36.5 Å². The van der Waals surface area contributed by atoms with E-state index in [9.17, 15) is 0 Å². The van der Waals surface area contributed by atoms with E-state index in [-0.39, 0.29) is 0 Å². The second kappa shape index (κ2) is 6.13. The van der Waals surface area contributed by atoms with Crippen LogP contribution < -0.4 is 5.23 Å². The number of rotatable bonds is 2. The Bertz CT molecular complexity index is 446. The van der Waals surface area contributed by atoms with Gasteiger partial charge in [-0.15, -0.1) is 0 Å². The molecule has 0 fully saturated rings. The van der Waals surface area contributed by atoms with Gasteiger partial charge in [-0.05, 0) is 19.0 Å². The number of para-hydroxylation sites is 1. The number of hydrogen-bond acceptors (Lipinski definition) is 3. The molecule has 0 spiro atoms. The fourth-order valence-electron chi connectivity index (χ4n) is 1.39. The largest absolute Gasteiger partial charge is 0.433 e. The van der Waals surface area contributed by atoms with Gasteiger partial charge in [-0.25, -0.2) is 0 Å². The van der Waals surface area contributed by atoms with Gasteiger partial charge < -0.3 is 10.3 Å². The van der Waals surface area contributed by atoms with Crippen LogP contribution in [0.1, 0.15) is 13.8 Å². The summed E-state index contributed by atoms with van der Waals surface area (Å²) in [6.45, 7) is 5.68. The van der Waals surface area contributed by atoms with Crippen LogP contribution in [0.3, 0.4) is 0 Å². The van der Waals surface area contributed by atoms with E-state index in [1.165, 1.54) is 0 Å². The Balaban J connectivity index is 0.000000606. The molecule has 1 aromatic carbocycles. The predicted molar refractivity (Wildman–Crippen MR) is 70.6 cm³/mol. The van der Waals surface area contributed by atoms with Crippen molar-refractivity contribution in [3.8, 4) is 0 Å². The molecule has 2 N–H and O–H groups in total. The molecular weight excluding hydrogens is 199 g/mol. The van der Waals surface area contributed by atoms with E-state index in [0.29, 0.717) is 0 Å². The molecule has 0 saturated carbocycles. The van der Waals surface area contributed by atoms with E-state index in [4.69, 9.17) is 5.02 Å². The topological polar surface area (TPSA) is 45.1 Å². The zero-order valence-electron chi connectivity index (χ0n) is 9.94. The van der Waals surface area contributed by atoms with Crippen LogP contribution >= 0.6 is 0 Å². The van der Waals surface area contributed by atoms with E-state index < -0.39 is 7.05 Å². The molecule has 3 nitrogen and oxygen atoms in total. The van der Waals surface area contributed by atoms with Crippen molar-refractivity contribution in [2.24, 2.45) is 0 Å². The second-order valence-corrected chi connectivity index (χ2v) is 3.24. The number of nitrogens with one attached hydrogen (secondary N) is 1. The third kappa shape index (κ3) is 3.24. The summed E-state index contributed by atoms with van der Waals surface area (Å²) in [5.74, 6) is 0. The maximum absolute atomic E-state index is 9.14. The number of pyridine rings is 1. The highest BCUT2D eigenvalue weighted by Gasteiger charge is 2.03. The molecule has 0 amide bonds. The lowest BCUT2D eigenvalue weighted by Crippen LogP contribution is -2.19. The minimum atomic E-state index is -0.557. The third-order valence-corrected chi connectivity index (χ3v) is 1.97. The first-order valence-corrected chi connectivity index (χ1v) is 5.55. The smallest absolute Gasteiger partial charge is 0.406 e.